The van der Waals surface area contributed by atoms with Crippen LogP contribution in [0.4, 0.5) is 0 Å². The maximum atomic E-state index is 6.12. The molecule has 1 atom stereocenters. The van der Waals surface area contributed by atoms with Crippen LogP contribution < -0.4 is 5.32 Å². The highest BCUT2D eigenvalue weighted by Crippen LogP contribution is 2.47. The van der Waals surface area contributed by atoms with E-state index in [-0.39, 0.29) is 5.41 Å². The van der Waals surface area contributed by atoms with Gasteiger partial charge in [-0.1, -0.05) is 37.6 Å². The number of hydrogen-bond donors (Lipinski definition) is 1. The van der Waals surface area contributed by atoms with Crippen molar-refractivity contribution in [3.63, 3.8) is 0 Å². The molecule has 0 bridgehead atoms. The van der Waals surface area contributed by atoms with Gasteiger partial charge in [-0.3, -0.25) is 4.98 Å². The summed E-state index contributed by atoms with van der Waals surface area (Å²) < 4.78 is 0. The van der Waals surface area contributed by atoms with Gasteiger partial charge in [0.2, 0.25) is 0 Å². The minimum absolute atomic E-state index is 0.121. The average Bonchev–Trinajstić information content (AvgIpc) is 2.96. The van der Waals surface area contributed by atoms with Crippen molar-refractivity contribution in [1.29, 1.82) is 0 Å². The SMILES string of the molecule is CC1(C)CNCc2sc(-c3ccncc3)cc2C1c1ccc(Cl)cc1. The second-order valence-corrected chi connectivity index (χ2v) is 8.87. The number of hydrogen-bond acceptors (Lipinski definition) is 3. The van der Waals surface area contributed by atoms with Crippen molar-refractivity contribution < 1.29 is 0 Å². The zero-order valence-corrected chi connectivity index (χ0v) is 16.0. The lowest BCUT2D eigenvalue weighted by molar-refractivity contribution is 0.309. The maximum absolute atomic E-state index is 6.12. The minimum Gasteiger partial charge on any atom is -0.311 e. The Labute approximate surface area is 157 Å². The molecule has 4 rings (SSSR count). The molecule has 0 saturated carbocycles. The van der Waals surface area contributed by atoms with Crippen LogP contribution in [0.3, 0.4) is 0 Å². The van der Waals surface area contributed by atoms with Crippen molar-refractivity contribution in [3.05, 3.63) is 75.9 Å². The first-order valence-electron chi connectivity index (χ1n) is 8.54. The van der Waals surface area contributed by atoms with Crippen molar-refractivity contribution in [2.45, 2.75) is 26.3 Å². The molecule has 128 valence electrons. The van der Waals surface area contributed by atoms with Crippen LogP contribution in [0.1, 0.15) is 35.8 Å². The zero-order chi connectivity index (χ0) is 17.4. The van der Waals surface area contributed by atoms with E-state index in [2.05, 4.69) is 54.5 Å². The number of pyridine rings is 1. The molecule has 4 heteroatoms. The fourth-order valence-corrected chi connectivity index (χ4v) is 5.09. The Morgan fingerprint density at radius 2 is 1.84 bits per heavy atom. The third-order valence-electron chi connectivity index (χ3n) is 4.97. The van der Waals surface area contributed by atoms with Crippen LogP contribution in [0.2, 0.25) is 5.02 Å². The summed E-state index contributed by atoms with van der Waals surface area (Å²) >= 11 is 8.01. The largest absolute Gasteiger partial charge is 0.311 e. The standard InChI is InChI=1S/C21H21ClN2S/c1-21(2)13-24-12-19-17(20(21)15-3-5-16(22)6-4-15)11-18(25-19)14-7-9-23-10-8-14/h3-11,20,24H,12-13H2,1-2H3. The summed E-state index contributed by atoms with van der Waals surface area (Å²) in [5.41, 5.74) is 4.13. The topological polar surface area (TPSA) is 24.9 Å². The second kappa shape index (κ2) is 6.56. The molecule has 1 aromatic carbocycles. The molecule has 25 heavy (non-hydrogen) atoms. The third-order valence-corrected chi connectivity index (χ3v) is 6.42. The van der Waals surface area contributed by atoms with Crippen molar-refractivity contribution in [2.75, 3.05) is 6.54 Å². The van der Waals surface area contributed by atoms with Gasteiger partial charge < -0.3 is 5.32 Å². The molecule has 2 aromatic heterocycles. The summed E-state index contributed by atoms with van der Waals surface area (Å²) in [6.07, 6.45) is 3.72. The number of fused-ring (bicyclic) bond motifs is 1. The van der Waals surface area contributed by atoms with Crippen molar-refractivity contribution in [2.24, 2.45) is 5.41 Å². The van der Waals surface area contributed by atoms with E-state index in [0.717, 1.165) is 18.1 Å². The minimum atomic E-state index is 0.121. The van der Waals surface area contributed by atoms with Crippen LogP contribution in [0.5, 0.6) is 0 Å². The Morgan fingerprint density at radius 3 is 2.56 bits per heavy atom. The van der Waals surface area contributed by atoms with E-state index in [0.29, 0.717) is 5.92 Å². The fourth-order valence-electron chi connectivity index (χ4n) is 3.79. The molecule has 0 amide bonds. The Kier molecular flexibility index (Phi) is 4.40. The molecular weight excluding hydrogens is 348 g/mol. The average molecular weight is 369 g/mol. The third kappa shape index (κ3) is 3.24. The molecule has 3 aromatic rings. The second-order valence-electron chi connectivity index (χ2n) is 7.30. The first kappa shape index (κ1) is 16.8. The number of nitrogens with zero attached hydrogens (tertiary/aromatic N) is 1. The van der Waals surface area contributed by atoms with Crippen LogP contribution in [-0.4, -0.2) is 11.5 Å². The molecule has 0 spiro atoms. The van der Waals surface area contributed by atoms with Gasteiger partial charge in [-0.2, -0.15) is 0 Å². The van der Waals surface area contributed by atoms with Gasteiger partial charge in [-0.05, 0) is 52.4 Å². The molecule has 1 unspecified atom stereocenters. The summed E-state index contributed by atoms with van der Waals surface area (Å²) in [5, 5.41) is 4.43. The monoisotopic (exact) mass is 368 g/mol. The molecule has 2 nitrogen and oxygen atoms in total. The van der Waals surface area contributed by atoms with Gasteiger partial charge in [0.1, 0.15) is 0 Å². The summed E-state index contributed by atoms with van der Waals surface area (Å²) in [5.74, 6) is 0.349. The molecular formula is C21H21ClN2S. The van der Waals surface area contributed by atoms with Gasteiger partial charge in [0, 0.05) is 46.2 Å². The van der Waals surface area contributed by atoms with Crippen LogP contribution in [0.15, 0.2) is 54.9 Å². The molecule has 1 aliphatic heterocycles. The number of aromatic nitrogens is 1. The van der Waals surface area contributed by atoms with Crippen LogP contribution >= 0.6 is 22.9 Å². The van der Waals surface area contributed by atoms with Crippen molar-refractivity contribution in [1.82, 2.24) is 10.3 Å². The van der Waals surface area contributed by atoms with Crippen molar-refractivity contribution in [3.8, 4) is 10.4 Å². The Balaban J connectivity index is 1.85. The molecule has 1 aliphatic rings. The lowest BCUT2D eigenvalue weighted by Gasteiger charge is -2.33. The van der Waals surface area contributed by atoms with Gasteiger partial charge in [0.25, 0.3) is 0 Å². The fraction of sp³-hybridized carbons (Fsp3) is 0.286. The maximum Gasteiger partial charge on any atom is 0.0406 e. The Bertz CT molecular complexity index is 869. The van der Waals surface area contributed by atoms with E-state index in [1.54, 1.807) is 0 Å². The summed E-state index contributed by atoms with van der Waals surface area (Å²) in [4.78, 5) is 6.88. The van der Waals surface area contributed by atoms with Gasteiger partial charge >= 0.3 is 0 Å². The number of halogens is 1. The van der Waals surface area contributed by atoms with Gasteiger partial charge in [-0.15, -0.1) is 11.3 Å². The highest BCUT2D eigenvalue weighted by molar-refractivity contribution is 7.15. The van der Waals surface area contributed by atoms with E-state index in [4.69, 9.17) is 11.6 Å². The van der Waals surface area contributed by atoms with E-state index in [1.807, 2.05) is 35.9 Å². The van der Waals surface area contributed by atoms with Crippen molar-refractivity contribution >= 4 is 22.9 Å². The lowest BCUT2D eigenvalue weighted by atomic mass is 9.72. The molecule has 0 aliphatic carbocycles. The number of benzene rings is 1. The van der Waals surface area contributed by atoms with Gasteiger partial charge in [0.05, 0.1) is 0 Å². The number of thiophene rings is 1. The molecule has 0 radical (unpaired) electrons. The molecule has 3 heterocycles. The summed E-state index contributed by atoms with van der Waals surface area (Å²) in [6.45, 7) is 6.61. The van der Waals surface area contributed by atoms with Crippen LogP contribution in [0, 0.1) is 5.41 Å². The quantitative estimate of drug-likeness (QED) is 0.625. The molecule has 1 N–H and O–H groups in total. The first-order chi connectivity index (χ1) is 12.0. The summed E-state index contributed by atoms with van der Waals surface area (Å²) in [7, 11) is 0. The van der Waals surface area contributed by atoms with Gasteiger partial charge in [-0.25, -0.2) is 0 Å². The van der Waals surface area contributed by atoms with E-state index in [1.165, 1.54) is 26.4 Å². The molecule has 0 fully saturated rings. The smallest absolute Gasteiger partial charge is 0.0406 e. The predicted molar refractivity (Wildman–Crippen MR) is 106 cm³/mol. The van der Waals surface area contributed by atoms with E-state index < -0.39 is 0 Å². The van der Waals surface area contributed by atoms with Gasteiger partial charge in [0.15, 0.2) is 0 Å². The molecule has 0 saturated heterocycles. The van der Waals surface area contributed by atoms with E-state index >= 15 is 0 Å². The lowest BCUT2D eigenvalue weighted by Crippen LogP contribution is -2.32. The Morgan fingerprint density at radius 1 is 1.12 bits per heavy atom. The predicted octanol–water partition coefficient (Wildman–Crippen LogP) is 5.72. The number of nitrogens with one attached hydrogen (secondary N) is 1. The van der Waals surface area contributed by atoms with E-state index in [9.17, 15) is 0 Å². The highest BCUT2D eigenvalue weighted by Gasteiger charge is 2.36. The van der Waals surface area contributed by atoms with Crippen LogP contribution in [-0.2, 0) is 6.54 Å². The normalized spacial score (nSPS) is 19.2. The van der Waals surface area contributed by atoms with Crippen LogP contribution in [0.25, 0.3) is 10.4 Å². The Hall–Kier alpha value is -1.68. The highest BCUT2D eigenvalue weighted by atomic mass is 35.5. The summed E-state index contributed by atoms with van der Waals surface area (Å²) in [6, 6.07) is 14.9. The first-order valence-corrected chi connectivity index (χ1v) is 9.73. The number of rotatable bonds is 2. The zero-order valence-electron chi connectivity index (χ0n) is 14.4.